The number of anilines is 1. The summed E-state index contributed by atoms with van der Waals surface area (Å²) in [6.45, 7) is 0.724. The van der Waals surface area contributed by atoms with Crippen molar-refractivity contribution < 1.29 is 4.79 Å². The SMILES string of the molecule is CSN(C(=O)N1CCCCc2ccccc21)n1ccnn1. The summed E-state index contributed by atoms with van der Waals surface area (Å²) in [5.41, 5.74) is 2.22. The Hall–Kier alpha value is -2.02. The first-order valence-corrected chi connectivity index (χ1v) is 8.09. The lowest BCUT2D eigenvalue weighted by atomic mass is 10.1. The van der Waals surface area contributed by atoms with E-state index < -0.39 is 0 Å². The summed E-state index contributed by atoms with van der Waals surface area (Å²) >= 11 is 1.31. The van der Waals surface area contributed by atoms with Crippen LogP contribution in [0.3, 0.4) is 0 Å². The molecule has 21 heavy (non-hydrogen) atoms. The number of hydrogen-bond donors (Lipinski definition) is 0. The lowest BCUT2D eigenvalue weighted by Gasteiger charge is -2.28. The van der Waals surface area contributed by atoms with Gasteiger partial charge in [0.25, 0.3) is 0 Å². The second-order valence-corrected chi connectivity index (χ2v) is 5.51. The molecular formula is C14H17N5OS. The summed E-state index contributed by atoms with van der Waals surface area (Å²) in [5, 5.41) is 7.68. The van der Waals surface area contributed by atoms with Gasteiger partial charge in [-0.1, -0.05) is 18.2 Å². The molecule has 1 aliphatic rings. The Morgan fingerprint density at radius 3 is 2.95 bits per heavy atom. The fourth-order valence-electron chi connectivity index (χ4n) is 2.54. The number of urea groups is 1. The zero-order chi connectivity index (χ0) is 14.7. The van der Waals surface area contributed by atoms with Crippen molar-refractivity contribution in [3.63, 3.8) is 0 Å². The van der Waals surface area contributed by atoms with Crippen LogP contribution < -0.4 is 9.31 Å². The molecule has 2 heterocycles. The Morgan fingerprint density at radius 1 is 1.33 bits per heavy atom. The topological polar surface area (TPSA) is 54.3 Å². The van der Waals surface area contributed by atoms with E-state index in [1.165, 1.54) is 26.7 Å². The average molecular weight is 303 g/mol. The summed E-state index contributed by atoms with van der Waals surface area (Å²) in [6, 6.07) is 8.01. The maximum Gasteiger partial charge on any atom is 0.355 e. The van der Waals surface area contributed by atoms with Crippen molar-refractivity contribution in [1.29, 1.82) is 0 Å². The van der Waals surface area contributed by atoms with Crippen molar-refractivity contribution in [2.75, 3.05) is 22.1 Å². The number of hydrogen-bond acceptors (Lipinski definition) is 4. The minimum Gasteiger partial charge on any atom is -0.292 e. The third-order valence-electron chi connectivity index (χ3n) is 3.52. The van der Waals surface area contributed by atoms with Crippen LogP contribution in [0, 0.1) is 0 Å². The van der Waals surface area contributed by atoms with Gasteiger partial charge >= 0.3 is 6.03 Å². The fraction of sp³-hybridized carbons (Fsp3) is 0.357. The molecule has 0 N–H and O–H groups in total. The van der Waals surface area contributed by atoms with E-state index in [0.717, 1.165) is 31.5 Å². The third-order valence-corrected chi connectivity index (χ3v) is 4.19. The molecule has 0 atom stereocenters. The second kappa shape index (κ2) is 6.17. The molecule has 110 valence electrons. The highest BCUT2D eigenvalue weighted by atomic mass is 32.2. The van der Waals surface area contributed by atoms with E-state index in [1.54, 1.807) is 12.4 Å². The van der Waals surface area contributed by atoms with Gasteiger partial charge in [-0.25, -0.2) is 4.79 Å². The van der Waals surface area contributed by atoms with Gasteiger partial charge in [0.05, 0.1) is 12.4 Å². The Morgan fingerprint density at radius 2 is 2.19 bits per heavy atom. The number of benzene rings is 1. The van der Waals surface area contributed by atoms with Crippen LogP contribution in [0.25, 0.3) is 0 Å². The minimum absolute atomic E-state index is 0.0950. The summed E-state index contributed by atoms with van der Waals surface area (Å²) in [6.07, 6.45) is 8.19. The molecule has 0 spiro atoms. The average Bonchev–Trinajstić information content (AvgIpc) is 2.94. The van der Waals surface area contributed by atoms with Gasteiger partial charge in [0.1, 0.15) is 0 Å². The smallest absolute Gasteiger partial charge is 0.292 e. The summed E-state index contributed by atoms with van der Waals surface area (Å²) in [7, 11) is 0. The van der Waals surface area contributed by atoms with Crippen molar-refractivity contribution in [2.24, 2.45) is 0 Å². The van der Waals surface area contributed by atoms with Crippen LogP contribution >= 0.6 is 11.9 Å². The second-order valence-electron chi connectivity index (χ2n) is 4.80. The van der Waals surface area contributed by atoms with E-state index in [0.29, 0.717) is 0 Å². The molecule has 0 radical (unpaired) electrons. The van der Waals surface area contributed by atoms with Crippen LogP contribution in [-0.4, -0.2) is 33.9 Å². The third kappa shape index (κ3) is 2.73. The lowest BCUT2D eigenvalue weighted by Crippen LogP contribution is -2.45. The van der Waals surface area contributed by atoms with Gasteiger partial charge in [0, 0.05) is 18.5 Å². The van der Waals surface area contributed by atoms with E-state index in [1.807, 2.05) is 29.4 Å². The Labute approximate surface area is 127 Å². The van der Waals surface area contributed by atoms with Crippen LogP contribution in [-0.2, 0) is 6.42 Å². The molecule has 0 unspecified atom stereocenters. The van der Waals surface area contributed by atoms with Gasteiger partial charge in [-0.2, -0.15) is 4.41 Å². The number of nitrogens with zero attached hydrogens (tertiary/aromatic N) is 5. The van der Waals surface area contributed by atoms with E-state index in [-0.39, 0.29) is 6.03 Å². The maximum atomic E-state index is 12.9. The number of amides is 2. The van der Waals surface area contributed by atoms with Gasteiger partial charge in [0.15, 0.2) is 0 Å². The molecule has 2 amide bonds. The van der Waals surface area contributed by atoms with E-state index >= 15 is 0 Å². The summed E-state index contributed by atoms with van der Waals surface area (Å²) in [4.78, 5) is 16.2. The van der Waals surface area contributed by atoms with Crippen molar-refractivity contribution >= 4 is 23.7 Å². The van der Waals surface area contributed by atoms with E-state index in [9.17, 15) is 4.79 Å². The maximum absolute atomic E-state index is 12.9. The molecule has 0 aliphatic carbocycles. The molecule has 7 heteroatoms. The van der Waals surface area contributed by atoms with Gasteiger partial charge in [0.2, 0.25) is 0 Å². The first-order chi connectivity index (χ1) is 10.3. The van der Waals surface area contributed by atoms with E-state index in [4.69, 9.17) is 0 Å². The molecule has 0 bridgehead atoms. The zero-order valence-electron chi connectivity index (χ0n) is 11.8. The van der Waals surface area contributed by atoms with E-state index in [2.05, 4.69) is 16.4 Å². The molecule has 2 aromatic rings. The Kier molecular flexibility index (Phi) is 4.10. The normalized spacial score (nSPS) is 14.4. The summed E-state index contributed by atoms with van der Waals surface area (Å²) < 4.78 is 1.51. The largest absolute Gasteiger partial charge is 0.355 e. The van der Waals surface area contributed by atoms with Gasteiger partial charge in [-0.3, -0.25) is 4.90 Å². The first kappa shape index (κ1) is 13.9. The Balaban J connectivity index is 1.93. The van der Waals surface area contributed by atoms with Crippen molar-refractivity contribution in [2.45, 2.75) is 19.3 Å². The van der Waals surface area contributed by atoms with Gasteiger partial charge in [-0.15, -0.1) is 9.89 Å². The number of carbonyl (C=O) groups excluding carboxylic acids is 1. The Bertz CT molecular complexity index is 616. The van der Waals surface area contributed by atoms with Crippen molar-refractivity contribution in [3.05, 3.63) is 42.2 Å². The van der Waals surface area contributed by atoms with Crippen LogP contribution in [0.15, 0.2) is 36.7 Å². The number of aryl methyl sites for hydroxylation is 1. The highest BCUT2D eigenvalue weighted by molar-refractivity contribution is 8.00. The van der Waals surface area contributed by atoms with Crippen LogP contribution in [0.4, 0.5) is 10.5 Å². The molecule has 1 aromatic carbocycles. The highest BCUT2D eigenvalue weighted by Gasteiger charge is 2.26. The predicted molar refractivity (Wildman–Crippen MR) is 83.9 cm³/mol. The number of carbonyl (C=O) groups is 1. The number of aromatic nitrogens is 3. The van der Waals surface area contributed by atoms with Crippen LogP contribution in [0.2, 0.25) is 0 Å². The summed E-state index contributed by atoms with van der Waals surface area (Å²) in [5.74, 6) is 0. The molecular weight excluding hydrogens is 286 g/mol. The molecule has 6 nitrogen and oxygen atoms in total. The number of rotatable bonds is 2. The zero-order valence-corrected chi connectivity index (χ0v) is 12.7. The fourth-order valence-corrected chi connectivity index (χ4v) is 3.05. The molecule has 0 fully saturated rings. The van der Waals surface area contributed by atoms with Gasteiger partial charge < -0.3 is 0 Å². The number of fused-ring (bicyclic) bond motifs is 1. The highest BCUT2D eigenvalue weighted by Crippen LogP contribution is 2.27. The van der Waals surface area contributed by atoms with Crippen LogP contribution in [0.1, 0.15) is 18.4 Å². The molecule has 3 rings (SSSR count). The number of para-hydroxylation sites is 1. The van der Waals surface area contributed by atoms with Crippen molar-refractivity contribution in [1.82, 2.24) is 15.1 Å². The quantitative estimate of drug-likeness (QED) is 0.800. The lowest BCUT2D eigenvalue weighted by molar-refractivity contribution is 0.250. The monoisotopic (exact) mass is 303 g/mol. The minimum atomic E-state index is -0.0950. The van der Waals surface area contributed by atoms with Crippen molar-refractivity contribution in [3.8, 4) is 0 Å². The predicted octanol–water partition coefficient (Wildman–Crippen LogP) is 2.46. The van der Waals surface area contributed by atoms with Crippen LogP contribution in [0.5, 0.6) is 0 Å². The molecule has 0 saturated carbocycles. The molecule has 1 aliphatic heterocycles. The molecule has 0 saturated heterocycles. The first-order valence-electron chi connectivity index (χ1n) is 6.91. The molecule has 1 aromatic heterocycles. The van der Waals surface area contributed by atoms with Gasteiger partial charge in [-0.05, 0) is 48.1 Å². The standard InChI is InChI=1S/C14H17N5OS/c1-21-19(18-11-9-15-16-18)14(20)17-10-5-4-7-12-6-2-3-8-13(12)17/h2-3,6,8-9,11H,4-5,7,10H2,1H3.